The van der Waals surface area contributed by atoms with E-state index in [1.165, 1.54) is 0 Å². The molecular weight excluding hydrogens is 362 g/mol. The van der Waals surface area contributed by atoms with Crippen LogP contribution in [0.15, 0.2) is 42.6 Å². The molecule has 112 valence electrons. The van der Waals surface area contributed by atoms with Gasteiger partial charge in [-0.2, -0.15) is 0 Å². The van der Waals surface area contributed by atoms with Gasteiger partial charge in [-0.1, -0.05) is 64.6 Å². The molecule has 0 saturated heterocycles. The molecule has 2 aromatic carbocycles. The van der Waals surface area contributed by atoms with Crippen LogP contribution in [0.5, 0.6) is 0 Å². The second-order valence-corrected chi connectivity index (χ2v) is 6.33. The van der Waals surface area contributed by atoms with Crippen LogP contribution in [0.4, 0.5) is 0 Å². The smallest absolute Gasteiger partial charge is 0.110 e. The average Bonchev–Trinajstić information content (AvgIpc) is 2.92. The number of imidazole rings is 1. The number of rotatable bonds is 3. The van der Waals surface area contributed by atoms with Crippen LogP contribution in [-0.2, 0) is 6.42 Å². The van der Waals surface area contributed by atoms with Crippen molar-refractivity contribution in [3.63, 3.8) is 0 Å². The summed E-state index contributed by atoms with van der Waals surface area (Å²) in [6, 6.07) is 10.9. The van der Waals surface area contributed by atoms with E-state index in [1.54, 1.807) is 30.5 Å². The van der Waals surface area contributed by atoms with Gasteiger partial charge < -0.3 is 4.98 Å². The highest BCUT2D eigenvalue weighted by atomic mass is 35.5. The molecule has 0 atom stereocenters. The number of hydrogen-bond acceptors (Lipinski definition) is 1. The number of aromatic amines is 1. The van der Waals surface area contributed by atoms with Crippen molar-refractivity contribution < 1.29 is 0 Å². The van der Waals surface area contributed by atoms with E-state index < -0.39 is 0 Å². The minimum atomic E-state index is 0.528. The zero-order valence-electron chi connectivity index (χ0n) is 11.2. The highest BCUT2D eigenvalue weighted by Crippen LogP contribution is 2.34. The van der Waals surface area contributed by atoms with Gasteiger partial charge in [0, 0.05) is 12.0 Å². The van der Waals surface area contributed by atoms with Gasteiger partial charge in [-0.05, 0) is 23.8 Å². The van der Waals surface area contributed by atoms with Crippen molar-refractivity contribution in [2.75, 3.05) is 0 Å². The summed E-state index contributed by atoms with van der Waals surface area (Å²) in [5, 5.41) is 2.21. The summed E-state index contributed by atoms with van der Waals surface area (Å²) in [5.41, 5.74) is 2.41. The number of benzene rings is 2. The predicted octanol–water partition coefficient (Wildman–Crippen LogP) is 6.28. The molecule has 0 amide bonds. The van der Waals surface area contributed by atoms with Gasteiger partial charge in [0.05, 0.1) is 32.0 Å². The Hall–Kier alpha value is -1.19. The fourth-order valence-electron chi connectivity index (χ4n) is 2.20. The molecule has 0 aliphatic carbocycles. The quantitative estimate of drug-likeness (QED) is 0.576. The van der Waals surface area contributed by atoms with Crippen LogP contribution < -0.4 is 0 Å². The maximum Gasteiger partial charge on any atom is 0.110 e. The van der Waals surface area contributed by atoms with Crippen molar-refractivity contribution >= 4 is 46.4 Å². The molecule has 1 N–H and O–H groups in total. The second-order valence-electron chi connectivity index (χ2n) is 4.73. The third kappa shape index (κ3) is 3.11. The fraction of sp³-hybridized carbons (Fsp3) is 0.0625. The minimum absolute atomic E-state index is 0.528. The van der Waals surface area contributed by atoms with Crippen molar-refractivity contribution in [1.82, 2.24) is 9.97 Å². The first kappa shape index (κ1) is 15.7. The first-order chi connectivity index (χ1) is 10.6. The molecule has 0 aliphatic heterocycles. The molecule has 0 fully saturated rings. The third-order valence-corrected chi connectivity index (χ3v) is 4.74. The Kier molecular flexibility index (Phi) is 4.65. The van der Waals surface area contributed by atoms with Crippen LogP contribution in [0.1, 0.15) is 11.4 Å². The Bertz CT molecular complexity index is 807. The van der Waals surface area contributed by atoms with E-state index in [4.69, 9.17) is 46.4 Å². The Labute approximate surface area is 148 Å². The molecule has 1 aromatic heterocycles. The summed E-state index contributed by atoms with van der Waals surface area (Å²) in [7, 11) is 0. The van der Waals surface area contributed by atoms with Crippen molar-refractivity contribution in [2.24, 2.45) is 0 Å². The Morgan fingerprint density at radius 1 is 0.864 bits per heavy atom. The minimum Gasteiger partial charge on any atom is -0.342 e. The van der Waals surface area contributed by atoms with E-state index in [9.17, 15) is 0 Å². The maximum atomic E-state index is 6.21. The molecule has 0 saturated carbocycles. The van der Waals surface area contributed by atoms with E-state index in [1.807, 2.05) is 12.1 Å². The number of H-pyrrole nitrogens is 1. The van der Waals surface area contributed by atoms with Gasteiger partial charge in [0.1, 0.15) is 5.82 Å². The molecule has 6 heteroatoms. The highest BCUT2D eigenvalue weighted by Gasteiger charge is 2.12. The SMILES string of the molecule is Clc1cccc(Cc2ncc(-c3c(Cl)cccc3Cl)[nH]2)c1Cl. The monoisotopic (exact) mass is 370 g/mol. The van der Waals surface area contributed by atoms with Crippen molar-refractivity contribution in [3.05, 3.63) is 74.1 Å². The lowest BCUT2D eigenvalue weighted by Gasteiger charge is -2.05. The van der Waals surface area contributed by atoms with E-state index in [0.717, 1.165) is 22.6 Å². The molecule has 3 rings (SSSR count). The van der Waals surface area contributed by atoms with Gasteiger partial charge in [0.25, 0.3) is 0 Å². The van der Waals surface area contributed by atoms with E-state index in [-0.39, 0.29) is 0 Å². The van der Waals surface area contributed by atoms with Crippen LogP contribution in [0.3, 0.4) is 0 Å². The molecule has 0 unspecified atom stereocenters. The molecule has 0 bridgehead atoms. The lowest BCUT2D eigenvalue weighted by Crippen LogP contribution is -1.92. The average molecular weight is 372 g/mol. The largest absolute Gasteiger partial charge is 0.342 e. The van der Waals surface area contributed by atoms with Gasteiger partial charge in [-0.15, -0.1) is 0 Å². The van der Waals surface area contributed by atoms with Gasteiger partial charge in [0.2, 0.25) is 0 Å². The molecule has 2 nitrogen and oxygen atoms in total. The van der Waals surface area contributed by atoms with Crippen molar-refractivity contribution in [2.45, 2.75) is 6.42 Å². The van der Waals surface area contributed by atoms with Crippen molar-refractivity contribution in [1.29, 1.82) is 0 Å². The molecule has 22 heavy (non-hydrogen) atoms. The standard InChI is InChI=1S/C16H10Cl4N2/c17-10-4-2-5-11(18)15(10)13-8-21-14(22-13)7-9-3-1-6-12(19)16(9)20/h1-6,8H,7H2,(H,21,22). The second kappa shape index (κ2) is 6.51. The first-order valence-corrected chi connectivity index (χ1v) is 7.98. The fourth-order valence-corrected chi connectivity index (χ4v) is 3.19. The van der Waals surface area contributed by atoms with Gasteiger partial charge in [-0.25, -0.2) is 4.98 Å². The first-order valence-electron chi connectivity index (χ1n) is 6.47. The molecule has 3 aromatic rings. The summed E-state index contributed by atoms with van der Waals surface area (Å²) in [5.74, 6) is 0.759. The van der Waals surface area contributed by atoms with E-state index in [2.05, 4.69) is 9.97 Å². The number of aromatic nitrogens is 2. The number of hydrogen-bond donors (Lipinski definition) is 1. The van der Waals surface area contributed by atoms with Gasteiger partial charge in [-0.3, -0.25) is 0 Å². The zero-order chi connectivity index (χ0) is 15.7. The summed E-state index contributed by atoms with van der Waals surface area (Å²) < 4.78 is 0. The lowest BCUT2D eigenvalue weighted by molar-refractivity contribution is 1.03. The van der Waals surface area contributed by atoms with Crippen LogP contribution in [-0.4, -0.2) is 9.97 Å². The van der Waals surface area contributed by atoms with Crippen LogP contribution in [0.2, 0.25) is 20.1 Å². The maximum absolute atomic E-state index is 6.21. The van der Waals surface area contributed by atoms with E-state index >= 15 is 0 Å². The number of nitrogens with zero attached hydrogens (tertiary/aromatic N) is 1. The van der Waals surface area contributed by atoms with Gasteiger partial charge >= 0.3 is 0 Å². The Morgan fingerprint density at radius 3 is 2.23 bits per heavy atom. The van der Waals surface area contributed by atoms with Crippen LogP contribution in [0, 0.1) is 0 Å². The Balaban J connectivity index is 1.93. The molecular formula is C16H10Cl4N2. The topological polar surface area (TPSA) is 28.7 Å². The normalized spacial score (nSPS) is 10.9. The van der Waals surface area contributed by atoms with Gasteiger partial charge in [0.15, 0.2) is 0 Å². The van der Waals surface area contributed by atoms with Crippen molar-refractivity contribution in [3.8, 4) is 11.3 Å². The third-order valence-electron chi connectivity index (χ3n) is 3.25. The van der Waals surface area contributed by atoms with Crippen LogP contribution >= 0.6 is 46.4 Å². The number of halogens is 4. The summed E-state index contributed by atoms with van der Waals surface area (Å²) in [6.07, 6.45) is 2.25. The predicted molar refractivity (Wildman–Crippen MR) is 93.3 cm³/mol. The molecule has 0 radical (unpaired) electrons. The Morgan fingerprint density at radius 2 is 1.50 bits per heavy atom. The summed E-state index contributed by atoms with van der Waals surface area (Å²) in [4.78, 5) is 7.59. The lowest BCUT2D eigenvalue weighted by atomic mass is 10.1. The molecule has 1 heterocycles. The zero-order valence-corrected chi connectivity index (χ0v) is 14.2. The summed E-state index contributed by atoms with van der Waals surface area (Å²) >= 11 is 24.6. The number of nitrogens with one attached hydrogen (secondary N) is 1. The van der Waals surface area contributed by atoms with Crippen LogP contribution in [0.25, 0.3) is 11.3 Å². The highest BCUT2D eigenvalue weighted by molar-refractivity contribution is 6.42. The molecule has 0 spiro atoms. The molecule has 0 aliphatic rings. The van der Waals surface area contributed by atoms with E-state index in [0.29, 0.717) is 26.5 Å². The summed E-state index contributed by atoms with van der Waals surface area (Å²) in [6.45, 7) is 0.